The zero-order chi connectivity index (χ0) is 36.8. The number of benzene rings is 2. The number of carbonyl (C=O) groups is 2. The van der Waals surface area contributed by atoms with Crippen LogP contribution >= 0.6 is 0 Å². The van der Waals surface area contributed by atoms with Gasteiger partial charge in [0, 0.05) is 54.0 Å². The van der Waals surface area contributed by atoms with Crippen LogP contribution in [-0.2, 0) is 9.59 Å². The van der Waals surface area contributed by atoms with E-state index in [1.807, 2.05) is 49.1 Å². The second kappa shape index (κ2) is 19.9. The molecule has 4 aromatic rings. The van der Waals surface area contributed by atoms with E-state index in [9.17, 15) is 9.59 Å². The molecule has 284 valence electrons. The first-order valence-corrected chi connectivity index (χ1v) is 20.6. The number of hydrogen-bond donors (Lipinski definition) is 2. The predicted molar refractivity (Wildman–Crippen MR) is 212 cm³/mol. The average Bonchev–Trinajstić information content (AvgIpc) is 3.92. The highest BCUT2D eigenvalue weighted by Crippen LogP contribution is 2.36. The average molecular weight is 720 g/mol. The molecule has 0 aliphatic heterocycles. The van der Waals surface area contributed by atoms with Gasteiger partial charge in [-0.3, -0.25) is 9.59 Å². The Morgan fingerprint density at radius 1 is 0.585 bits per heavy atom. The van der Waals surface area contributed by atoms with E-state index < -0.39 is 5.97 Å². The highest BCUT2D eigenvalue weighted by molar-refractivity contribution is 5.81. The number of carboxylic acids is 1. The smallest absolute Gasteiger partial charge is 0.306 e. The molecule has 2 heterocycles. The number of carboxylic acid groups (broad SMARTS) is 1. The summed E-state index contributed by atoms with van der Waals surface area (Å²) in [5.74, 6) is 0.717. The van der Waals surface area contributed by atoms with Gasteiger partial charge in [0.1, 0.15) is 5.78 Å². The van der Waals surface area contributed by atoms with E-state index in [0.29, 0.717) is 35.7 Å². The molecule has 4 aliphatic carbocycles. The molecule has 0 atom stereocenters. The summed E-state index contributed by atoms with van der Waals surface area (Å²) in [6.45, 7) is 0. The normalized spacial score (nSPS) is 23.9. The third-order valence-corrected chi connectivity index (χ3v) is 12.2. The number of aromatic nitrogens is 4. The summed E-state index contributed by atoms with van der Waals surface area (Å²) in [5.41, 5.74) is 9.94. The molecule has 0 saturated heterocycles. The number of aliphatic carboxylic acids is 1. The molecule has 0 bridgehead atoms. The van der Waals surface area contributed by atoms with Crippen molar-refractivity contribution in [3.63, 3.8) is 0 Å². The fraction of sp³-hybridized carbons (Fsp3) is 0.556. The van der Waals surface area contributed by atoms with E-state index in [-0.39, 0.29) is 5.92 Å². The van der Waals surface area contributed by atoms with Crippen LogP contribution in [0.4, 0.5) is 0 Å². The van der Waals surface area contributed by atoms with Gasteiger partial charge in [0.25, 0.3) is 0 Å². The van der Waals surface area contributed by atoms with Crippen molar-refractivity contribution in [1.82, 2.24) is 19.1 Å². The minimum absolute atomic E-state index is 0.164. The Kier molecular flexibility index (Phi) is 14.5. The Labute approximate surface area is 316 Å². The minimum Gasteiger partial charge on any atom is -0.481 e. The summed E-state index contributed by atoms with van der Waals surface area (Å²) >= 11 is 0. The predicted octanol–water partition coefficient (Wildman–Crippen LogP) is 10.5. The van der Waals surface area contributed by atoms with Crippen LogP contribution in [0.2, 0.25) is 0 Å². The zero-order valence-corrected chi connectivity index (χ0v) is 31.6. The van der Waals surface area contributed by atoms with Crippen molar-refractivity contribution in [2.45, 2.75) is 140 Å². The molecule has 3 N–H and O–H groups in total. The maximum atomic E-state index is 12.7. The monoisotopic (exact) mass is 719 g/mol. The molecular weight excluding hydrogens is 659 g/mol. The van der Waals surface area contributed by atoms with E-state index in [4.69, 9.17) is 10.8 Å². The van der Waals surface area contributed by atoms with Crippen LogP contribution in [0.3, 0.4) is 0 Å². The first-order valence-electron chi connectivity index (χ1n) is 20.6. The molecule has 2 aromatic carbocycles. The largest absolute Gasteiger partial charge is 0.481 e. The zero-order valence-electron chi connectivity index (χ0n) is 31.6. The van der Waals surface area contributed by atoms with Gasteiger partial charge < -0.3 is 20.0 Å². The molecule has 8 nitrogen and oxygen atoms in total. The van der Waals surface area contributed by atoms with Crippen molar-refractivity contribution in [2.24, 2.45) is 23.5 Å². The molecular formula is C45H61N5O3. The molecule has 0 amide bonds. The summed E-state index contributed by atoms with van der Waals surface area (Å²) in [6, 6.07) is 21.9. The van der Waals surface area contributed by atoms with E-state index in [2.05, 4.69) is 55.8 Å². The Bertz CT molecular complexity index is 1660. The maximum absolute atomic E-state index is 12.7. The lowest BCUT2D eigenvalue weighted by atomic mass is 9.78. The summed E-state index contributed by atoms with van der Waals surface area (Å²) in [7, 11) is 0. The van der Waals surface area contributed by atoms with E-state index >= 15 is 0 Å². The number of hydrogen-bond acceptors (Lipinski definition) is 5. The van der Waals surface area contributed by atoms with Crippen LogP contribution in [-0.4, -0.2) is 42.0 Å². The van der Waals surface area contributed by atoms with Crippen molar-refractivity contribution in [1.29, 1.82) is 0 Å². The van der Waals surface area contributed by atoms with Crippen LogP contribution in [0.15, 0.2) is 85.7 Å². The quantitative estimate of drug-likeness (QED) is 0.187. The summed E-state index contributed by atoms with van der Waals surface area (Å²) in [6.07, 6.45) is 29.8. The van der Waals surface area contributed by atoms with Gasteiger partial charge in [-0.05, 0) is 70.1 Å². The van der Waals surface area contributed by atoms with Crippen LogP contribution in [0, 0.1) is 17.8 Å². The molecule has 4 saturated carbocycles. The number of Topliss-reactive ketones (excluding diaryl/α,β-unsaturated/α-hetero) is 1. The SMILES string of the molecule is NC1CCCCC1.O=C(CC1CCCCC1)C1CCC(n2cnc(-c3ccccc3)c2)CC1.O=C(O)C1CCC(n2cnc(-c3ccccc3)c2)CC1. The minimum atomic E-state index is -0.654. The molecule has 0 unspecified atom stereocenters. The number of imidazole rings is 2. The lowest BCUT2D eigenvalue weighted by molar-refractivity contribution is -0.143. The number of nitrogens with two attached hydrogens (primary N) is 1. The second-order valence-corrected chi connectivity index (χ2v) is 16.1. The van der Waals surface area contributed by atoms with Gasteiger partial charge in [0.05, 0.1) is 30.0 Å². The topological polar surface area (TPSA) is 116 Å². The second-order valence-electron chi connectivity index (χ2n) is 16.1. The summed E-state index contributed by atoms with van der Waals surface area (Å²) in [5, 5.41) is 9.03. The van der Waals surface area contributed by atoms with Crippen molar-refractivity contribution in [3.8, 4) is 22.5 Å². The molecule has 8 rings (SSSR count). The maximum Gasteiger partial charge on any atom is 0.306 e. The number of nitrogens with zero attached hydrogens (tertiary/aromatic N) is 4. The lowest BCUT2D eigenvalue weighted by Gasteiger charge is -2.30. The Hall–Kier alpha value is -4.04. The summed E-state index contributed by atoms with van der Waals surface area (Å²) < 4.78 is 4.41. The van der Waals surface area contributed by atoms with Crippen molar-refractivity contribution >= 4 is 11.8 Å². The third kappa shape index (κ3) is 11.5. The van der Waals surface area contributed by atoms with Gasteiger partial charge in [-0.15, -0.1) is 0 Å². The van der Waals surface area contributed by atoms with Gasteiger partial charge in [-0.1, -0.05) is 112 Å². The highest BCUT2D eigenvalue weighted by atomic mass is 16.4. The van der Waals surface area contributed by atoms with Gasteiger partial charge in [-0.2, -0.15) is 0 Å². The fourth-order valence-electron chi connectivity index (χ4n) is 8.88. The molecule has 2 aromatic heterocycles. The number of rotatable bonds is 8. The third-order valence-electron chi connectivity index (χ3n) is 12.2. The molecule has 0 spiro atoms. The number of ketones is 1. The lowest BCUT2D eigenvalue weighted by Crippen LogP contribution is -2.25. The number of carbonyl (C=O) groups excluding carboxylic acids is 1. The Morgan fingerprint density at radius 3 is 1.43 bits per heavy atom. The van der Waals surface area contributed by atoms with E-state index in [1.54, 1.807) is 0 Å². The van der Waals surface area contributed by atoms with E-state index in [1.165, 1.54) is 69.8 Å². The Balaban J connectivity index is 0.000000157. The highest BCUT2D eigenvalue weighted by Gasteiger charge is 2.29. The molecule has 4 aliphatic rings. The molecule has 0 radical (unpaired) electrons. The van der Waals surface area contributed by atoms with Crippen molar-refractivity contribution in [2.75, 3.05) is 0 Å². The molecule has 4 fully saturated rings. The van der Waals surface area contributed by atoms with Crippen molar-refractivity contribution in [3.05, 3.63) is 85.7 Å². The van der Waals surface area contributed by atoms with Crippen LogP contribution in [0.25, 0.3) is 22.5 Å². The van der Waals surface area contributed by atoms with Gasteiger partial charge in [0.2, 0.25) is 0 Å². The molecule has 8 heteroatoms. The first-order chi connectivity index (χ1) is 25.9. The van der Waals surface area contributed by atoms with Crippen LogP contribution < -0.4 is 5.73 Å². The van der Waals surface area contributed by atoms with Gasteiger partial charge >= 0.3 is 5.97 Å². The van der Waals surface area contributed by atoms with Gasteiger partial charge in [-0.25, -0.2) is 9.97 Å². The standard InChI is InChI=1S/C23H30N2O.C16H18N2O2.C6H13N/c26-23(15-18-7-3-1-4-8-18)20-11-13-21(14-12-20)25-16-22(24-17-25)19-9-5-2-6-10-19;19-16(20)13-6-8-14(9-7-13)18-10-15(17-11-18)12-4-2-1-3-5-12;7-6-4-2-1-3-5-6/h2,5-6,9-10,16-18,20-21H,1,3-4,7-8,11-15H2;1-5,10-11,13-14H,6-9H2,(H,19,20);6H,1-5,7H2. The van der Waals surface area contributed by atoms with E-state index in [0.717, 1.165) is 74.7 Å². The fourth-order valence-corrected chi connectivity index (χ4v) is 8.88. The van der Waals surface area contributed by atoms with Crippen LogP contribution in [0.1, 0.15) is 134 Å². The van der Waals surface area contributed by atoms with Crippen LogP contribution in [0.5, 0.6) is 0 Å². The first kappa shape index (κ1) is 38.7. The Morgan fingerprint density at radius 2 is 1.02 bits per heavy atom. The molecule has 53 heavy (non-hydrogen) atoms. The van der Waals surface area contributed by atoms with Gasteiger partial charge in [0.15, 0.2) is 0 Å². The summed E-state index contributed by atoms with van der Waals surface area (Å²) in [4.78, 5) is 32.7. The van der Waals surface area contributed by atoms with Crippen molar-refractivity contribution < 1.29 is 14.7 Å².